The molecule has 0 atom stereocenters. The summed E-state index contributed by atoms with van der Waals surface area (Å²) in [6.07, 6.45) is -13.3. The van der Waals surface area contributed by atoms with Crippen LogP contribution in [0.5, 0.6) is 0 Å². The minimum absolute atomic E-state index is 0.0135. The van der Waals surface area contributed by atoms with Gasteiger partial charge in [0.1, 0.15) is 0 Å². The highest BCUT2D eigenvalue weighted by Crippen LogP contribution is 2.38. The molecular formula is C23H18F9N7. The Hall–Kier alpha value is -4.11. The summed E-state index contributed by atoms with van der Waals surface area (Å²) in [6.45, 7) is -1.05. The monoisotopic (exact) mass is 563 g/mol. The highest BCUT2D eigenvalue weighted by atomic mass is 19.4. The van der Waals surface area contributed by atoms with E-state index in [1.165, 1.54) is 17.8 Å². The van der Waals surface area contributed by atoms with Gasteiger partial charge in [-0.3, -0.25) is 4.68 Å². The SMILES string of the molecule is Cn1ccc(-c2ccc(C(F)(F)F)cc2CN(Cc2cc(C(F)(F)F)cc(C(F)(F)F)c2)c2nnn(C)n2)n1. The Balaban J connectivity index is 1.83. The van der Waals surface area contributed by atoms with Crippen LogP contribution in [-0.2, 0) is 45.7 Å². The number of hydrogen-bond donors (Lipinski definition) is 0. The Morgan fingerprint density at radius 2 is 1.33 bits per heavy atom. The highest BCUT2D eigenvalue weighted by molar-refractivity contribution is 5.65. The zero-order chi connectivity index (χ0) is 28.8. The first-order valence-corrected chi connectivity index (χ1v) is 11.0. The van der Waals surface area contributed by atoms with Gasteiger partial charge in [-0.2, -0.15) is 49.4 Å². The molecule has 0 aliphatic rings. The molecule has 2 aromatic carbocycles. The van der Waals surface area contributed by atoms with Crippen molar-refractivity contribution < 1.29 is 39.5 Å². The molecule has 0 spiro atoms. The van der Waals surface area contributed by atoms with Crippen LogP contribution in [0.1, 0.15) is 27.8 Å². The van der Waals surface area contributed by atoms with E-state index in [9.17, 15) is 39.5 Å². The molecule has 0 N–H and O–H groups in total. The maximum atomic E-state index is 13.5. The first-order valence-electron chi connectivity index (χ1n) is 11.0. The maximum Gasteiger partial charge on any atom is 0.416 e. The summed E-state index contributed by atoms with van der Waals surface area (Å²) in [4.78, 5) is 2.12. The van der Waals surface area contributed by atoms with Crippen LogP contribution < -0.4 is 4.90 Å². The Morgan fingerprint density at radius 3 is 1.82 bits per heavy atom. The molecule has 2 heterocycles. The number of halogens is 9. The number of benzene rings is 2. The third-order valence-corrected chi connectivity index (χ3v) is 5.58. The van der Waals surface area contributed by atoms with Gasteiger partial charge in [0, 0.05) is 31.9 Å². The number of alkyl halides is 9. The molecule has 0 fully saturated rings. The van der Waals surface area contributed by atoms with E-state index in [0.717, 1.165) is 21.8 Å². The minimum Gasteiger partial charge on any atom is -0.330 e. The summed E-state index contributed by atoms with van der Waals surface area (Å²) in [7, 11) is 2.96. The van der Waals surface area contributed by atoms with Gasteiger partial charge in [0.05, 0.1) is 29.4 Å². The van der Waals surface area contributed by atoms with Gasteiger partial charge in [0.25, 0.3) is 5.95 Å². The molecule has 7 nitrogen and oxygen atoms in total. The molecule has 2 aromatic heterocycles. The summed E-state index contributed by atoms with van der Waals surface area (Å²) < 4.78 is 123. The van der Waals surface area contributed by atoms with Crippen LogP contribution >= 0.6 is 0 Å². The Labute approximate surface area is 214 Å². The molecule has 0 bridgehead atoms. The lowest BCUT2D eigenvalue weighted by Crippen LogP contribution is -2.25. The van der Waals surface area contributed by atoms with Crippen molar-refractivity contribution in [3.63, 3.8) is 0 Å². The summed E-state index contributed by atoms with van der Waals surface area (Å²) in [5, 5.41) is 15.6. The van der Waals surface area contributed by atoms with Gasteiger partial charge in [-0.25, -0.2) is 0 Å². The first kappa shape index (κ1) is 27.9. The van der Waals surface area contributed by atoms with E-state index in [4.69, 9.17) is 0 Å². The van der Waals surface area contributed by atoms with Gasteiger partial charge in [0.2, 0.25) is 0 Å². The molecular weight excluding hydrogens is 545 g/mol. The van der Waals surface area contributed by atoms with E-state index in [1.54, 1.807) is 19.3 Å². The van der Waals surface area contributed by atoms with Crippen LogP contribution in [0.3, 0.4) is 0 Å². The number of anilines is 1. The Bertz CT molecular complexity index is 1430. The molecule has 0 aliphatic carbocycles. The largest absolute Gasteiger partial charge is 0.416 e. The summed E-state index contributed by atoms with van der Waals surface area (Å²) >= 11 is 0. The number of tetrazole rings is 1. The van der Waals surface area contributed by atoms with Gasteiger partial charge < -0.3 is 4.90 Å². The zero-order valence-corrected chi connectivity index (χ0v) is 20.1. The van der Waals surface area contributed by atoms with Crippen molar-refractivity contribution in [1.29, 1.82) is 0 Å². The van der Waals surface area contributed by atoms with Gasteiger partial charge in [-0.05, 0) is 52.7 Å². The van der Waals surface area contributed by atoms with E-state index < -0.39 is 53.9 Å². The van der Waals surface area contributed by atoms with Crippen molar-refractivity contribution in [3.8, 4) is 11.3 Å². The number of rotatable bonds is 6. The van der Waals surface area contributed by atoms with Crippen LogP contribution in [0, 0.1) is 0 Å². The molecule has 0 radical (unpaired) electrons. The predicted octanol–water partition coefficient (Wildman–Crippen LogP) is 5.87. The lowest BCUT2D eigenvalue weighted by atomic mass is 10.00. The molecule has 16 heteroatoms. The molecule has 39 heavy (non-hydrogen) atoms. The summed E-state index contributed by atoms with van der Waals surface area (Å²) in [6, 6.07) is 5.46. The van der Waals surface area contributed by atoms with E-state index in [0.29, 0.717) is 17.8 Å². The molecule has 4 rings (SSSR count). The van der Waals surface area contributed by atoms with Gasteiger partial charge in [-0.15, -0.1) is 5.10 Å². The second-order valence-corrected chi connectivity index (χ2v) is 8.59. The average molecular weight is 563 g/mol. The van der Waals surface area contributed by atoms with Crippen LogP contribution in [0.15, 0.2) is 48.7 Å². The zero-order valence-electron chi connectivity index (χ0n) is 20.1. The Morgan fingerprint density at radius 1 is 0.718 bits per heavy atom. The van der Waals surface area contributed by atoms with Crippen molar-refractivity contribution in [1.82, 2.24) is 30.0 Å². The minimum atomic E-state index is -5.08. The van der Waals surface area contributed by atoms with E-state index in [1.807, 2.05) is 0 Å². The molecule has 0 saturated heterocycles. The lowest BCUT2D eigenvalue weighted by molar-refractivity contribution is -0.143. The molecule has 0 unspecified atom stereocenters. The molecule has 0 amide bonds. The van der Waals surface area contributed by atoms with E-state index >= 15 is 0 Å². The third-order valence-electron chi connectivity index (χ3n) is 5.58. The first-order chi connectivity index (χ1) is 18.0. The smallest absolute Gasteiger partial charge is 0.330 e. The fourth-order valence-electron chi connectivity index (χ4n) is 3.84. The third kappa shape index (κ3) is 6.49. The standard InChI is InChI=1S/C23H18F9N7/c1-37-6-5-19(34-37)18-4-3-15(21(24,25)26)9-14(18)12-39(20-33-36-38(2)35-20)11-13-7-16(22(27,28)29)10-17(8-13)23(30,31)32/h3-10H,11-12H2,1-2H3. The molecule has 4 aromatic rings. The average Bonchev–Trinajstić information content (AvgIpc) is 3.45. The molecule has 208 valence electrons. The Kier molecular flexibility index (Phi) is 7.08. The van der Waals surface area contributed by atoms with Crippen molar-refractivity contribution in [2.45, 2.75) is 31.6 Å². The predicted molar refractivity (Wildman–Crippen MR) is 119 cm³/mol. The van der Waals surface area contributed by atoms with Crippen LogP contribution in [0.2, 0.25) is 0 Å². The van der Waals surface area contributed by atoms with Crippen molar-refractivity contribution in [3.05, 3.63) is 76.5 Å². The lowest BCUT2D eigenvalue weighted by Gasteiger charge is -2.24. The molecule has 0 aliphatic heterocycles. The van der Waals surface area contributed by atoms with Gasteiger partial charge in [-0.1, -0.05) is 11.2 Å². The van der Waals surface area contributed by atoms with Gasteiger partial charge >= 0.3 is 18.5 Å². The fourth-order valence-corrected chi connectivity index (χ4v) is 3.84. The quantitative estimate of drug-likeness (QED) is 0.275. The summed E-state index contributed by atoms with van der Waals surface area (Å²) in [5.74, 6) is -0.229. The second kappa shape index (κ2) is 9.89. The number of aryl methyl sites for hydroxylation is 2. The van der Waals surface area contributed by atoms with E-state index in [2.05, 4.69) is 20.5 Å². The second-order valence-electron chi connectivity index (χ2n) is 8.59. The highest BCUT2D eigenvalue weighted by Gasteiger charge is 2.37. The maximum absolute atomic E-state index is 13.5. The van der Waals surface area contributed by atoms with Crippen LogP contribution in [-0.4, -0.2) is 30.0 Å². The van der Waals surface area contributed by atoms with Crippen molar-refractivity contribution in [2.24, 2.45) is 14.1 Å². The van der Waals surface area contributed by atoms with E-state index in [-0.39, 0.29) is 23.1 Å². The number of aromatic nitrogens is 6. The number of nitrogens with zero attached hydrogens (tertiary/aromatic N) is 7. The number of hydrogen-bond acceptors (Lipinski definition) is 5. The molecule has 0 saturated carbocycles. The van der Waals surface area contributed by atoms with Crippen LogP contribution in [0.25, 0.3) is 11.3 Å². The normalized spacial score (nSPS) is 12.7. The van der Waals surface area contributed by atoms with Crippen molar-refractivity contribution in [2.75, 3.05) is 4.90 Å². The summed E-state index contributed by atoms with van der Waals surface area (Å²) in [5.41, 5.74) is -3.91. The topological polar surface area (TPSA) is 64.7 Å². The van der Waals surface area contributed by atoms with Crippen LogP contribution in [0.4, 0.5) is 45.5 Å². The van der Waals surface area contributed by atoms with Crippen molar-refractivity contribution >= 4 is 5.95 Å². The fraction of sp³-hybridized carbons (Fsp3) is 0.304. The van der Waals surface area contributed by atoms with Gasteiger partial charge in [0.15, 0.2) is 0 Å².